The predicted octanol–water partition coefficient (Wildman–Crippen LogP) is 6.80. The van der Waals surface area contributed by atoms with Crippen LogP contribution in [0.15, 0.2) is 89.5 Å². The van der Waals surface area contributed by atoms with Crippen LogP contribution in [0.4, 0.5) is 18.0 Å². The molecule has 8 nitrogen and oxygen atoms in total. The number of carbonyl (C=O) groups is 1. The van der Waals surface area contributed by atoms with Crippen molar-refractivity contribution in [2.24, 2.45) is 4.99 Å². The van der Waals surface area contributed by atoms with Gasteiger partial charge in [0.05, 0.1) is 11.4 Å². The minimum atomic E-state index is -4.74. The molecule has 0 aliphatic rings. The molecule has 5 rings (SSSR count). The molecule has 0 spiro atoms. The van der Waals surface area contributed by atoms with Gasteiger partial charge in [0.1, 0.15) is 12.1 Å². The zero-order valence-electron chi connectivity index (χ0n) is 23.5. The molecule has 2 heterocycles. The molecular weight excluding hydrogens is 577 g/mol. The first-order chi connectivity index (χ1) is 20.7. The summed E-state index contributed by atoms with van der Waals surface area (Å²) in [4.78, 5) is 21.9. The van der Waals surface area contributed by atoms with Gasteiger partial charge in [0.2, 0.25) is 0 Å². The van der Waals surface area contributed by atoms with Crippen molar-refractivity contribution >= 4 is 17.4 Å². The largest absolute Gasteiger partial charge is 0.573 e. The van der Waals surface area contributed by atoms with E-state index in [0.717, 1.165) is 41.8 Å². The van der Waals surface area contributed by atoms with Crippen molar-refractivity contribution in [2.75, 3.05) is 6.54 Å². The fourth-order valence-electron chi connectivity index (χ4n) is 4.55. The highest BCUT2D eigenvalue weighted by Gasteiger charge is 2.31. The summed E-state index contributed by atoms with van der Waals surface area (Å²) in [6, 6.07) is 20.9. The molecule has 0 saturated carbocycles. The van der Waals surface area contributed by atoms with E-state index in [9.17, 15) is 18.0 Å². The van der Waals surface area contributed by atoms with Crippen LogP contribution >= 0.6 is 11.3 Å². The Hall–Kier alpha value is -4.71. The average molecular weight is 607 g/mol. The van der Waals surface area contributed by atoms with Crippen LogP contribution < -0.4 is 14.9 Å². The van der Waals surface area contributed by atoms with Crippen molar-refractivity contribution < 1.29 is 22.7 Å². The Labute approximate surface area is 250 Å². The number of carbonyl (C=O) groups excluding carboxylic acids is 1. The fourth-order valence-corrected chi connectivity index (χ4v) is 5.41. The van der Waals surface area contributed by atoms with Gasteiger partial charge in [-0.25, -0.2) is 14.5 Å². The fraction of sp³-hybridized carbons (Fsp3) is 0.226. The van der Waals surface area contributed by atoms with Crippen LogP contribution in [0.5, 0.6) is 5.75 Å². The average Bonchev–Trinajstić information content (AvgIpc) is 3.62. The van der Waals surface area contributed by atoms with E-state index in [4.69, 9.17) is 0 Å². The molecule has 2 aromatic heterocycles. The number of ether oxygens (including phenoxy) is 1. The number of aromatic nitrogens is 4. The standard InChI is InChI=1S/C31H29F3N6O2S/c1-3-23-8-4-5-9-27(23)40-21(2)19-43-30(40)37-29(41)35-18-6-7-22-10-12-24(13-11-22)28-36-20-39(38-28)25-14-16-26(17-15-25)42-31(32,33)34/h4-5,8-17,19-20H,3,6-7,18H2,1-2H3,(H,35,41)/b37-30-. The number of para-hydroxylation sites is 1. The molecular formula is C31H29F3N6O2S. The monoisotopic (exact) mass is 606 g/mol. The van der Waals surface area contributed by atoms with E-state index in [1.54, 1.807) is 0 Å². The van der Waals surface area contributed by atoms with Gasteiger partial charge in [0, 0.05) is 23.2 Å². The number of alkyl halides is 3. The van der Waals surface area contributed by atoms with E-state index in [2.05, 4.69) is 38.1 Å². The maximum atomic E-state index is 12.6. The topological polar surface area (TPSA) is 86.3 Å². The highest BCUT2D eigenvalue weighted by atomic mass is 32.1. The highest BCUT2D eigenvalue weighted by Crippen LogP contribution is 2.24. The summed E-state index contributed by atoms with van der Waals surface area (Å²) in [6.45, 7) is 4.60. The first kappa shape index (κ1) is 29.8. The van der Waals surface area contributed by atoms with Crippen LogP contribution in [-0.2, 0) is 12.8 Å². The Kier molecular flexibility index (Phi) is 9.05. The van der Waals surface area contributed by atoms with Crippen LogP contribution in [0.1, 0.15) is 30.2 Å². The molecule has 0 radical (unpaired) electrons. The van der Waals surface area contributed by atoms with E-state index in [-0.39, 0.29) is 11.8 Å². The lowest BCUT2D eigenvalue weighted by Crippen LogP contribution is -2.25. The number of nitrogens with one attached hydrogen (secondary N) is 1. The lowest BCUT2D eigenvalue weighted by atomic mass is 10.1. The van der Waals surface area contributed by atoms with Crippen molar-refractivity contribution in [3.05, 3.63) is 106 Å². The molecule has 12 heteroatoms. The van der Waals surface area contributed by atoms with Gasteiger partial charge >= 0.3 is 12.4 Å². The van der Waals surface area contributed by atoms with Crippen molar-refractivity contribution in [1.29, 1.82) is 0 Å². The molecule has 43 heavy (non-hydrogen) atoms. The summed E-state index contributed by atoms with van der Waals surface area (Å²) in [5.74, 6) is 0.180. The number of urea groups is 1. The molecule has 222 valence electrons. The first-order valence-electron chi connectivity index (χ1n) is 13.7. The molecule has 3 aromatic carbocycles. The molecule has 0 bridgehead atoms. The summed E-state index contributed by atoms with van der Waals surface area (Å²) < 4.78 is 44.6. The Morgan fingerprint density at radius 1 is 1.05 bits per heavy atom. The van der Waals surface area contributed by atoms with Gasteiger partial charge in [0.15, 0.2) is 10.6 Å². The van der Waals surface area contributed by atoms with Crippen LogP contribution in [0.25, 0.3) is 22.8 Å². The van der Waals surface area contributed by atoms with E-state index in [0.29, 0.717) is 22.9 Å². The maximum absolute atomic E-state index is 12.6. The Bertz CT molecular complexity index is 1760. The third kappa shape index (κ3) is 7.58. The second kappa shape index (κ2) is 13.1. The molecule has 5 aromatic rings. The number of halogens is 3. The molecule has 0 aliphatic carbocycles. The van der Waals surface area contributed by atoms with E-state index >= 15 is 0 Å². The van der Waals surface area contributed by atoms with Crippen molar-refractivity contribution in [3.8, 4) is 28.5 Å². The van der Waals surface area contributed by atoms with E-state index in [1.807, 2.05) is 59.3 Å². The molecule has 0 saturated heterocycles. The smallest absolute Gasteiger partial charge is 0.406 e. The number of thiazole rings is 1. The highest BCUT2D eigenvalue weighted by molar-refractivity contribution is 7.07. The second-order valence-electron chi connectivity index (χ2n) is 9.68. The number of hydrogen-bond donors (Lipinski definition) is 1. The Balaban J connectivity index is 1.14. The summed E-state index contributed by atoms with van der Waals surface area (Å²) in [5.41, 5.74) is 5.70. The summed E-state index contributed by atoms with van der Waals surface area (Å²) in [7, 11) is 0. The van der Waals surface area contributed by atoms with Gasteiger partial charge in [0.25, 0.3) is 0 Å². The second-order valence-corrected chi connectivity index (χ2v) is 10.5. The summed E-state index contributed by atoms with van der Waals surface area (Å²) in [5, 5.41) is 9.32. The van der Waals surface area contributed by atoms with Crippen LogP contribution in [0.3, 0.4) is 0 Å². The lowest BCUT2D eigenvalue weighted by molar-refractivity contribution is -0.274. The molecule has 2 amide bonds. The Morgan fingerprint density at radius 3 is 2.51 bits per heavy atom. The number of aryl methyl sites for hydroxylation is 3. The molecule has 0 aliphatic heterocycles. The Morgan fingerprint density at radius 2 is 1.79 bits per heavy atom. The SMILES string of the molecule is CCc1ccccc1-n1c(C)cs/c1=N\C(=O)NCCCc1ccc(-c2ncn(-c3ccc(OC(F)(F)F)cc3)n2)cc1. The van der Waals surface area contributed by atoms with Gasteiger partial charge in [-0.15, -0.1) is 29.6 Å². The maximum Gasteiger partial charge on any atom is 0.573 e. The van der Waals surface area contributed by atoms with Gasteiger partial charge in [-0.3, -0.25) is 4.57 Å². The quantitative estimate of drug-likeness (QED) is 0.187. The van der Waals surface area contributed by atoms with Crippen molar-refractivity contribution in [1.82, 2.24) is 24.6 Å². The predicted molar refractivity (Wildman–Crippen MR) is 159 cm³/mol. The molecule has 0 fully saturated rings. The van der Waals surface area contributed by atoms with Crippen molar-refractivity contribution in [3.63, 3.8) is 0 Å². The van der Waals surface area contributed by atoms with Crippen LogP contribution in [0.2, 0.25) is 0 Å². The minimum Gasteiger partial charge on any atom is -0.406 e. The number of nitrogens with zero attached hydrogens (tertiary/aromatic N) is 5. The van der Waals surface area contributed by atoms with Gasteiger partial charge in [-0.1, -0.05) is 49.4 Å². The molecule has 0 atom stereocenters. The number of benzene rings is 3. The number of rotatable bonds is 9. The van der Waals surface area contributed by atoms with Gasteiger partial charge in [-0.2, -0.15) is 4.99 Å². The van der Waals surface area contributed by atoms with Crippen molar-refractivity contribution in [2.45, 2.75) is 39.5 Å². The third-order valence-corrected chi connectivity index (χ3v) is 7.59. The van der Waals surface area contributed by atoms with Crippen LogP contribution in [0, 0.1) is 6.92 Å². The van der Waals surface area contributed by atoms with E-state index < -0.39 is 6.36 Å². The van der Waals surface area contributed by atoms with Crippen LogP contribution in [-0.4, -0.2) is 38.3 Å². The van der Waals surface area contributed by atoms with Gasteiger partial charge < -0.3 is 10.1 Å². The zero-order chi connectivity index (χ0) is 30.4. The summed E-state index contributed by atoms with van der Waals surface area (Å²) >= 11 is 1.44. The van der Waals surface area contributed by atoms with E-state index in [1.165, 1.54) is 52.2 Å². The number of amides is 2. The molecule has 1 N–H and O–H groups in total. The lowest BCUT2D eigenvalue weighted by Gasteiger charge is -2.11. The first-order valence-corrected chi connectivity index (χ1v) is 14.5. The molecule has 0 unspecified atom stereocenters. The third-order valence-electron chi connectivity index (χ3n) is 6.65. The van der Waals surface area contributed by atoms with Gasteiger partial charge in [-0.05, 0) is 67.6 Å². The number of hydrogen-bond acceptors (Lipinski definition) is 5. The zero-order valence-corrected chi connectivity index (χ0v) is 24.3. The summed E-state index contributed by atoms with van der Waals surface area (Å²) in [6.07, 6.45) is -0.863. The normalized spacial score (nSPS) is 12.0. The minimum absolute atomic E-state index is 0.305.